The second kappa shape index (κ2) is 6.90. The normalized spacial score (nSPS) is 16.8. The number of nitrogens with one attached hydrogen (secondary N) is 1. The monoisotopic (exact) mass is 250 g/mol. The van der Waals surface area contributed by atoms with Crippen LogP contribution in [0.15, 0.2) is 12.4 Å². The van der Waals surface area contributed by atoms with Crippen molar-refractivity contribution in [3.63, 3.8) is 0 Å². The summed E-state index contributed by atoms with van der Waals surface area (Å²) in [6.45, 7) is 6.21. The molecule has 0 amide bonds. The van der Waals surface area contributed by atoms with Crippen molar-refractivity contribution in [1.82, 2.24) is 19.8 Å². The Morgan fingerprint density at radius 2 is 2.22 bits per heavy atom. The van der Waals surface area contributed by atoms with Crippen LogP contribution in [0.5, 0.6) is 0 Å². The highest BCUT2D eigenvalue weighted by molar-refractivity contribution is 4.91. The lowest BCUT2D eigenvalue weighted by Gasteiger charge is -2.23. The van der Waals surface area contributed by atoms with Crippen LogP contribution in [0.3, 0.4) is 0 Å². The lowest BCUT2D eigenvalue weighted by molar-refractivity contribution is 0.245. The molecule has 0 spiro atoms. The maximum absolute atomic E-state index is 4.37. The molecular weight excluding hydrogens is 224 g/mol. The highest BCUT2D eigenvalue weighted by atomic mass is 15.2. The number of aromatic nitrogens is 2. The average molecular weight is 250 g/mol. The van der Waals surface area contributed by atoms with Gasteiger partial charge in [0.05, 0.1) is 6.54 Å². The van der Waals surface area contributed by atoms with Crippen molar-refractivity contribution >= 4 is 0 Å². The molecule has 0 radical (unpaired) electrons. The fourth-order valence-corrected chi connectivity index (χ4v) is 2.78. The zero-order valence-electron chi connectivity index (χ0n) is 11.7. The first kappa shape index (κ1) is 13.6. The van der Waals surface area contributed by atoms with Crippen molar-refractivity contribution in [2.45, 2.75) is 51.7 Å². The summed E-state index contributed by atoms with van der Waals surface area (Å²) >= 11 is 0. The van der Waals surface area contributed by atoms with E-state index in [0.717, 1.165) is 38.0 Å². The Balaban J connectivity index is 1.63. The molecule has 1 fully saturated rings. The van der Waals surface area contributed by atoms with Gasteiger partial charge in [-0.05, 0) is 26.8 Å². The van der Waals surface area contributed by atoms with Gasteiger partial charge in [-0.1, -0.05) is 12.8 Å². The van der Waals surface area contributed by atoms with Crippen LogP contribution in [0.4, 0.5) is 0 Å². The van der Waals surface area contributed by atoms with E-state index in [0.29, 0.717) is 0 Å². The third-order valence-corrected chi connectivity index (χ3v) is 4.01. The lowest BCUT2D eigenvalue weighted by atomic mass is 10.2. The fraction of sp³-hybridized carbons (Fsp3) is 0.786. The number of aryl methyl sites for hydroxylation is 1. The minimum Gasteiger partial charge on any atom is -0.334 e. The summed E-state index contributed by atoms with van der Waals surface area (Å²) in [4.78, 5) is 6.87. The summed E-state index contributed by atoms with van der Waals surface area (Å²) in [7, 11) is 2.25. The van der Waals surface area contributed by atoms with Crippen molar-refractivity contribution in [1.29, 1.82) is 0 Å². The second-order valence-electron chi connectivity index (χ2n) is 5.23. The van der Waals surface area contributed by atoms with E-state index < -0.39 is 0 Å². The van der Waals surface area contributed by atoms with Crippen LogP contribution in [-0.4, -0.2) is 40.6 Å². The molecule has 0 saturated heterocycles. The van der Waals surface area contributed by atoms with E-state index in [2.05, 4.69) is 33.7 Å². The number of rotatable bonds is 7. The van der Waals surface area contributed by atoms with Crippen LogP contribution in [0, 0.1) is 0 Å². The molecule has 1 aliphatic carbocycles. The minimum atomic E-state index is 0.824. The summed E-state index contributed by atoms with van der Waals surface area (Å²) in [6, 6.07) is 0.824. The molecule has 18 heavy (non-hydrogen) atoms. The van der Waals surface area contributed by atoms with Crippen molar-refractivity contribution in [3.8, 4) is 0 Å². The van der Waals surface area contributed by atoms with Crippen LogP contribution in [0.2, 0.25) is 0 Å². The first-order valence-corrected chi connectivity index (χ1v) is 7.22. The molecule has 4 nitrogen and oxygen atoms in total. The van der Waals surface area contributed by atoms with Crippen LogP contribution in [0.1, 0.15) is 38.4 Å². The molecule has 1 aliphatic rings. The van der Waals surface area contributed by atoms with Crippen molar-refractivity contribution in [2.75, 3.05) is 20.1 Å². The molecule has 0 aliphatic heterocycles. The smallest absolute Gasteiger partial charge is 0.122 e. The van der Waals surface area contributed by atoms with Gasteiger partial charge in [0.1, 0.15) is 5.82 Å². The van der Waals surface area contributed by atoms with E-state index >= 15 is 0 Å². The average Bonchev–Trinajstić information content (AvgIpc) is 3.04. The molecule has 2 rings (SSSR count). The van der Waals surface area contributed by atoms with Crippen LogP contribution < -0.4 is 5.32 Å². The third kappa shape index (κ3) is 3.56. The molecule has 1 aromatic rings. The van der Waals surface area contributed by atoms with E-state index in [9.17, 15) is 0 Å². The Labute approximate surface area is 110 Å². The first-order valence-electron chi connectivity index (χ1n) is 7.22. The maximum atomic E-state index is 4.37. The van der Waals surface area contributed by atoms with Gasteiger partial charge in [0, 0.05) is 38.1 Å². The molecule has 0 bridgehead atoms. The number of hydrogen-bond acceptors (Lipinski definition) is 3. The van der Waals surface area contributed by atoms with Gasteiger partial charge in [0.25, 0.3) is 0 Å². The number of likely N-dealkylation sites (N-methyl/N-ethyl adjacent to an activating group) is 1. The zero-order valence-corrected chi connectivity index (χ0v) is 11.7. The Morgan fingerprint density at radius 3 is 2.94 bits per heavy atom. The zero-order chi connectivity index (χ0) is 12.8. The van der Waals surface area contributed by atoms with Gasteiger partial charge < -0.3 is 14.8 Å². The Morgan fingerprint density at radius 1 is 1.44 bits per heavy atom. The van der Waals surface area contributed by atoms with Crippen LogP contribution in [0.25, 0.3) is 0 Å². The largest absolute Gasteiger partial charge is 0.334 e. The molecule has 0 unspecified atom stereocenters. The summed E-state index contributed by atoms with van der Waals surface area (Å²) in [5, 5.41) is 3.49. The minimum absolute atomic E-state index is 0.824. The lowest BCUT2D eigenvalue weighted by Crippen LogP contribution is -2.35. The molecule has 1 saturated carbocycles. The van der Waals surface area contributed by atoms with Crippen LogP contribution >= 0.6 is 0 Å². The summed E-state index contributed by atoms with van der Waals surface area (Å²) in [5.74, 6) is 1.14. The van der Waals surface area contributed by atoms with E-state index in [1.54, 1.807) is 0 Å². The maximum Gasteiger partial charge on any atom is 0.122 e. The molecule has 102 valence electrons. The van der Waals surface area contributed by atoms with Gasteiger partial charge >= 0.3 is 0 Å². The Hall–Kier alpha value is -0.870. The summed E-state index contributed by atoms with van der Waals surface area (Å²) in [6.07, 6.45) is 9.52. The van der Waals surface area contributed by atoms with Crippen molar-refractivity contribution in [2.24, 2.45) is 0 Å². The van der Waals surface area contributed by atoms with Crippen molar-refractivity contribution < 1.29 is 0 Å². The molecular formula is C14H26N4. The van der Waals surface area contributed by atoms with Gasteiger partial charge in [0.15, 0.2) is 0 Å². The first-order chi connectivity index (χ1) is 8.81. The van der Waals surface area contributed by atoms with Gasteiger partial charge in [-0.25, -0.2) is 4.98 Å². The Bertz CT molecular complexity index is 341. The molecule has 0 atom stereocenters. The highest BCUT2D eigenvalue weighted by Gasteiger charge is 2.18. The number of imidazole rings is 1. The van der Waals surface area contributed by atoms with Gasteiger partial charge in [-0.3, -0.25) is 0 Å². The molecule has 1 aromatic heterocycles. The van der Waals surface area contributed by atoms with E-state index in [1.807, 2.05) is 12.4 Å². The van der Waals surface area contributed by atoms with Gasteiger partial charge in [-0.15, -0.1) is 0 Å². The number of nitrogens with zero attached hydrogens (tertiary/aromatic N) is 3. The predicted molar refractivity (Wildman–Crippen MR) is 74.5 cm³/mol. The van der Waals surface area contributed by atoms with Gasteiger partial charge in [0.2, 0.25) is 0 Å². The molecule has 1 heterocycles. The fourth-order valence-electron chi connectivity index (χ4n) is 2.78. The third-order valence-electron chi connectivity index (χ3n) is 4.01. The summed E-state index contributed by atoms with van der Waals surface area (Å²) in [5.41, 5.74) is 0. The summed E-state index contributed by atoms with van der Waals surface area (Å²) < 4.78 is 2.19. The standard InChI is InChI=1S/C14H26N4/c1-3-18-11-9-16-14(18)12-15-8-10-17(2)13-6-4-5-7-13/h9,11,13,15H,3-8,10,12H2,1-2H3. The van der Waals surface area contributed by atoms with E-state index in [1.165, 1.54) is 25.7 Å². The highest BCUT2D eigenvalue weighted by Crippen LogP contribution is 2.21. The quantitative estimate of drug-likeness (QED) is 0.750. The topological polar surface area (TPSA) is 33.1 Å². The molecule has 0 aromatic carbocycles. The van der Waals surface area contributed by atoms with Crippen LogP contribution in [-0.2, 0) is 13.1 Å². The SMILES string of the molecule is CCn1ccnc1CNCCN(C)C1CCCC1. The molecule has 1 N–H and O–H groups in total. The van der Waals surface area contributed by atoms with Crippen molar-refractivity contribution in [3.05, 3.63) is 18.2 Å². The number of hydrogen-bond donors (Lipinski definition) is 1. The van der Waals surface area contributed by atoms with E-state index in [-0.39, 0.29) is 0 Å². The predicted octanol–water partition coefficient (Wildman–Crippen LogP) is 1.87. The molecule has 4 heteroatoms. The second-order valence-corrected chi connectivity index (χ2v) is 5.23. The Kier molecular flexibility index (Phi) is 5.20. The van der Waals surface area contributed by atoms with E-state index in [4.69, 9.17) is 0 Å². The van der Waals surface area contributed by atoms with Gasteiger partial charge in [-0.2, -0.15) is 0 Å².